The van der Waals surface area contributed by atoms with E-state index in [1.54, 1.807) is 0 Å². The summed E-state index contributed by atoms with van der Waals surface area (Å²) in [7, 11) is 1.90. The summed E-state index contributed by atoms with van der Waals surface area (Å²) in [5.74, 6) is 0. The van der Waals surface area contributed by atoms with E-state index in [9.17, 15) is 0 Å². The van der Waals surface area contributed by atoms with Gasteiger partial charge in [-0.15, -0.1) is 24.8 Å². The summed E-state index contributed by atoms with van der Waals surface area (Å²) in [5, 5.41) is 3.77. The second kappa shape index (κ2) is 6.18. The molecule has 0 spiro atoms. The second-order valence-electron chi connectivity index (χ2n) is 2.88. The highest BCUT2D eigenvalue weighted by atomic mass is 35.5. The summed E-state index contributed by atoms with van der Waals surface area (Å²) in [6.45, 7) is 0.777. The van der Waals surface area contributed by atoms with Crippen LogP contribution in [-0.2, 0) is 6.54 Å². The van der Waals surface area contributed by atoms with E-state index in [0.29, 0.717) is 0 Å². The number of rotatable bonds is 2. The van der Waals surface area contributed by atoms with Crippen molar-refractivity contribution < 1.29 is 0 Å². The number of hydrogen-bond acceptors (Lipinski definition) is 2. The fourth-order valence-corrected chi connectivity index (χ4v) is 1.45. The summed E-state index contributed by atoms with van der Waals surface area (Å²) in [6.07, 6.45) is 3.82. The van der Waals surface area contributed by atoms with Gasteiger partial charge in [0.25, 0.3) is 0 Å². The zero-order valence-corrected chi connectivity index (χ0v) is 10.5. The molecule has 0 aromatic carbocycles. The monoisotopic (exact) mass is 267 g/mol. The molecule has 0 atom stereocenters. The van der Waals surface area contributed by atoms with Crippen molar-refractivity contribution in [3.05, 3.63) is 35.2 Å². The first-order chi connectivity index (χ1) is 6.29. The third-order valence-electron chi connectivity index (χ3n) is 1.82. The van der Waals surface area contributed by atoms with Crippen molar-refractivity contribution in [2.75, 3.05) is 7.05 Å². The van der Waals surface area contributed by atoms with E-state index >= 15 is 0 Å². The lowest BCUT2D eigenvalue weighted by Crippen LogP contribution is -2.04. The zero-order valence-electron chi connectivity index (χ0n) is 8.11. The van der Waals surface area contributed by atoms with Gasteiger partial charge in [-0.2, -0.15) is 0 Å². The van der Waals surface area contributed by atoms with E-state index in [-0.39, 0.29) is 24.8 Å². The summed E-state index contributed by atoms with van der Waals surface area (Å²) >= 11 is 5.84. The van der Waals surface area contributed by atoms with Crippen molar-refractivity contribution in [2.45, 2.75) is 6.54 Å². The van der Waals surface area contributed by atoms with Gasteiger partial charge in [0, 0.05) is 18.9 Å². The molecule has 0 bridgehead atoms. The van der Waals surface area contributed by atoms with Crippen LogP contribution in [-0.4, -0.2) is 16.4 Å². The van der Waals surface area contributed by atoms with Gasteiger partial charge in [-0.25, -0.2) is 4.98 Å². The molecule has 2 heterocycles. The minimum absolute atomic E-state index is 0. The molecule has 15 heavy (non-hydrogen) atoms. The van der Waals surface area contributed by atoms with E-state index in [4.69, 9.17) is 11.6 Å². The Labute approximate surface area is 106 Å². The predicted molar refractivity (Wildman–Crippen MR) is 67.5 cm³/mol. The lowest BCUT2D eigenvalue weighted by molar-refractivity contribution is 0.798. The molecule has 2 aromatic heterocycles. The van der Waals surface area contributed by atoms with E-state index in [1.165, 1.54) is 0 Å². The average molecular weight is 269 g/mol. The molecular weight excluding hydrogens is 256 g/mol. The summed E-state index contributed by atoms with van der Waals surface area (Å²) in [4.78, 5) is 4.39. The molecular formula is C9H12Cl3N3. The Kier molecular flexibility index (Phi) is 5.98. The van der Waals surface area contributed by atoms with Gasteiger partial charge in [0.1, 0.15) is 5.65 Å². The van der Waals surface area contributed by atoms with Crippen LogP contribution in [0.3, 0.4) is 0 Å². The van der Waals surface area contributed by atoms with Crippen molar-refractivity contribution in [3.8, 4) is 0 Å². The molecule has 0 unspecified atom stereocenters. The molecule has 2 aromatic rings. The number of nitrogens with zero attached hydrogens (tertiary/aromatic N) is 2. The maximum atomic E-state index is 5.84. The fourth-order valence-electron chi connectivity index (χ4n) is 1.28. The van der Waals surface area contributed by atoms with Gasteiger partial charge in [-0.05, 0) is 19.2 Å². The molecule has 0 aliphatic carbocycles. The minimum Gasteiger partial charge on any atom is -0.314 e. The zero-order chi connectivity index (χ0) is 9.26. The molecule has 84 valence electrons. The smallest absolute Gasteiger partial charge is 0.137 e. The average Bonchev–Trinajstić information content (AvgIpc) is 2.46. The molecule has 0 saturated carbocycles. The number of aromatic nitrogens is 2. The molecule has 0 radical (unpaired) electrons. The maximum Gasteiger partial charge on any atom is 0.137 e. The number of fused-ring (bicyclic) bond motifs is 1. The summed E-state index contributed by atoms with van der Waals surface area (Å²) in [5.41, 5.74) is 1.94. The molecule has 0 saturated heterocycles. The Balaban J connectivity index is 0.000000980. The molecule has 0 amide bonds. The van der Waals surface area contributed by atoms with Crippen molar-refractivity contribution in [1.29, 1.82) is 0 Å². The lowest BCUT2D eigenvalue weighted by Gasteiger charge is -1.91. The second-order valence-corrected chi connectivity index (χ2v) is 3.31. The molecule has 0 aliphatic rings. The third kappa shape index (κ3) is 3.24. The van der Waals surface area contributed by atoms with Crippen LogP contribution in [0.4, 0.5) is 0 Å². The molecule has 3 nitrogen and oxygen atoms in total. The third-order valence-corrected chi connectivity index (χ3v) is 2.05. The number of pyridine rings is 1. The number of nitrogens with one attached hydrogen (secondary N) is 1. The van der Waals surface area contributed by atoms with Gasteiger partial charge in [0.2, 0.25) is 0 Å². The Morgan fingerprint density at radius 2 is 2.07 bits per heavy atom. The molecule has 0 fully saturated rings. The SMILES string of the molecule is CNCc1cn2cc(Cl)ccc2n1.Cl.Cl. The first kappa shape index (κ1) is 14.5. The van der Waals surface area contributed by atoms with Crippen molar-refractivity contribution in [3.63, 3.8) is 0 Å². The van der Waals surface area contributed by atoms with Crippen LogP contribution in [0.2, 0.25) is 5.02 Å². The van der Waals surface area contributed by atoms with Crippen LogP contribution in [0.15, 0.2) is 24.5 Å². The molecule has 1 N–H and O–H groups in total. The highest BCUT2D eigenvalue weighted by Gasteiger charge is 1.99. The first-order valence-electron chi connectivity index (χ1n) is 4.07. The predicted octanol–water partition coefficient (Wildman–Crippen LogP) is 2.55. The van der Waals surface area contributed by atoms with Crippen LogP contribution >= 0.6 is 36.4 Å². The Hall–Kier alpha value is -0.480. The van der Waals surface area contributed by atoms with Gasteiger partial charge in [0.05, 0.1) is 10.7 Å². The Morgan fingerprint density at radius 3 is 2.73 bits per heavy atom. The normalized spacial score (nSPS) is 9.47. The van der Waals surface area contributed by atoms with E-state index in [1.807, 2.05) is 36.0 Å². The quantitative estimate of drug-likeness (QED) is 0.907. The van der Waals surface area contributed by atoms with Gasteiger partial charge in [-0.1, -0.05) is 11.6 Å². The topological polar surface area (TPSA) is 29.3 Å². The van der Waals surface area contributed by atoms with Gasteiger partial charge in [0.15, 0.2) is 0 Å². The van der Waals surface area contributed by atoms with Crippen LogP contribution in [0.1, 0.15) is 5.69 Å². The van der Waals surface area contributed by atoms with Gasteiger partial charge in [-0.3, -0.25) is 0 Å². The highest BCUT2D eigenvalue weighted by Crippen LogP contribution is 2.11. The van der Waals surface area contributed by atoms with E-state index in [0.717, 1.165) is 22.9 Å². The first-order valence-corrected chi connectivity index (χ1v) is 4.45. The summed E-state index contributed by atoms with van der Waals surface area (Å²) in [6, 6.07) is 3.74. The minimum atomic E-state index is 0. The highest BCUT2D eigenvalue weighted by molar-refractivity contribution is 6.30. The van der Waals surface area contributed by atoms with Gasteiger partial charge < -0.3 is 9.72 Å². The number of imidazole rings is 1. The van der Waals surface area contributed by atoms with Gasteiger partial charge >= 0.3 is 0 Å². The van der Waals surface area contributed by atoms with Crippen LogP contribution in [0.25, 0.3) is 5.65 Å². The number of hydrogen-bond donors (Lipinski definition) is 1. The van der Waals surface area contributed by atoms with Crippen molar-refractivity contribution >= 4 is 42.1 Å². The van der Waals surface area contributed by atoms with Crippen LogP contribution in [0, 0.1) is 0 Å². The molecule has 6 heteroatoms. The van der Waals surface area contributed by atoms with Crippen molar-refractivity contribution in [2.24, 2.45) is 0 Å². The standard InChI is InChI=1S/C9H10ClN3.2ClH/c1-11-4-8-6-13-5-7(10)2-3-9(13)12-8;;/h2-3,5-6,11H,4H2,1H3;2*1H. The Bertz CT molecular complexity index is 427. The maximum absolute atomic E-state index is 5.84. The largest absolute Gasteiger partial charge is 0.314 e. The van der Waals surface area contributed by atoms with E-state index in [2.05, 4.69) is 10.3 Å². The van der Waals surface area contributed by atoms with Crippen LogP contribution in [0.5, 0.6) is 0 Å². The molecule has 0 aliphatic heterocycles. The molecule has 2 rings (SSSR count). The summed E-state index contributed by atoms with van der Waals surface area (Å²) < 4.78 is 1.93. The van der Waals surface area contributed by atoms with E-state index < -0.39 is 0 Å². The fraction of sp³-hybridized carbons (Fsp3) is 0.222. The number of halogens is 3. The van der Waals surface area contributed by atoms with Crippen molar-refractivity contribution in [1.82, 2.24) is 14.7 Å². The lowest BCUT2D eigenvalue weighted by atomic mass is 10.5. The van der Waals surface area contributed by atoms with Crippen LogP contribution < -0.4 is 5.32 Å². The Morgan fingerprint density at radius 1 is 1.33 bits per heavy atom.